The Labute approximate surface area is 75.2 Å². The lowest BCUT2D eigenvalue weighted by Crippen LogP contribution is -2.59. The van der Waals surface area contributed by atoms with E-state index < -0.39 is 11.7 Å². The van der Waals surface area contributed by atoms with Crippen LogP contribution in [-0.4, -0.2) is 31.9 Å². The summed E-state index contributed by atoms with van der Waals surface area (Å²) in [6, 6.07) is 0. The summed E-state index contributed by atoms with van der Waals surface area (Å²) in [4.78, 5) is -0.639. The van der Waals surface area contributed by atoms with Gasteiger partial charge in [0.15, 0.2) is 5.60 Å². The second-order valence-corrected chi connectivity index (χ2v) is 3.05. The van der Waals surface area contributed by atoms with Crippen molar-refractivity contribution in [2.75, 3.05) is 0 Å². The van der Waals surface area contributed by atoms with Crippen molar-refractivity contribution >= 4 is 34.4 Å². The highest BCUT2D eigenvalue weighted by Gasteiger charge is 2.39. The normalized spacial score (nSPS) is 14.1. The average molecular weight is 194 g/mol. The smallest absolute Gasteiger partial charge is 0.189 e. The van der Waals surface area contributed by atoms with Crippen LogP contribution in [0.25, 0.3) is 0 Å². The Morgan fingerprint density at radius 3 is 1.64 bits per heavy atom. The Balaban J connectivity index is 4.82. The predicted octanol–water partition coefficient (Wildman–Crippen LogP) is -1.33. The van der Waals surface area contributed by atoms with E-state index >= 15 is 0 Å². The minimum atomic E-state index is -1.93. The highest BCUT2D eigenvalue weighted by molar-refractivity contribution is 7.82. The van der Waals surface area contributed by atoms with Crippen molar-refractivity contribution in [3.63, 3.8) is 0 Å². The summed E-state index contributed by atoms with van der Waals surface area (Å²) in [5, 5.41) is 18.5. The molecule has 0 aliphatic rings. The lowest BCUT2D eigenvalue weighted by atomic mass is 9.98. The summed E-state index contributed by atoms with van der Waals surface area (Å²) < 4.78 is 0. The van der Waals surface area contributed by atoms with Crippen molar-refractivity contribution in [2.24, 2.45) is 11.5 Å². The average Bonchev–Trinajstić information content (AvgIpc) is 1.84. The molecule has 0 saturated carbocycles. The van der Waals surface area contributed by atoms with Gasteiger partial charge in [-0.1, -0.05) is 24.4 Å². The maximum Gasteiger partial charge on any atom is 0.189 e. The highest BCUT2D eigenvalue weighted by Crippen LogP contribution is 2.11. The van der Waals surface area contributed by atoms with Gasteiger partial charge in [-0.3, -0.25) is 0 Å². The second kappa shape index (κ2) is 3.40. The van der Waals surface area contributed by atoms with Crippen LogP contribution in [0.4, 0.5) is 0 Å². The van der Waals surface area contributed by atoms with Gasteiger partial charge in [-0.05, 0) is 6.92 Å². The van der Waals surface area contributed by atoms with Crippen molar-refractivity contribution in [1.29, 1.82) is 0 Å². The zero-order valence-electron chi connectivity index (χ0n) is 5.94. The molecular formula is C5H10N2O2S2. The van der Waals surface area contributed by atoms with Gasteiger partial charge in [-0.2, -0.15) is 0 Å². The Hall–Kier alpha value is -0.300. The largest absolute Gasteiger partial charge is 0.390 e. The zero-order valence-corrected chi connectivity index (χ0v) is 7.58. The molecule has 0 aromatic heterocycles. The number of nitrogens with two attached hydrogens (primary N) is 2. The fourth-order valence-corrected chi connectivity index (χ4v) is 1.16. The van der Waals surface area contributed by atoms with Crippen LogP contribution in [-0.2, 0) is 0 Å². The van der Waals surface area contributed by atoms with Gasteiger partial charge in [0.1, 0.15) is 9.98 Å². The molecule has 0 heterocycles. The maximum absolute atomic E-state index is 9.46. The first-order valence-corrected chi connectivity index (χ1v) is 3.65. The van der Waals surface area contributed by atoms with Crippen LogP contribution >= 0.6 is 24.4 Å². The third kappa shape index (κ3) is 1.84. The van der Waals surface area contributed by atoms with Crippen molar-refractivity contribution in [1.82, 2.24) is 0 Å². The summed E-state index contributed by atoms with van der Waals surface area (Å²) >= 11 is 8.97. The number of aliphatic hydroxyl groups excluding tert-OH is 1. The number of aliphatic hydroxyl groups is 2. The van der Waals surface area contributed by atoms with Gasteiger partial charge in [0.25, 0.3) is 0 Å². The Morgan fingerprint density at radius 1 is 1.36 bits per heavy atom. The summed E-state index contributed by atoms with van der Waals surface area (Å²) in [5.74, 6) is 0. The summed E-state index contributed by atoms with van der Waals surface area (Å²) in [7, 11) is 0. The predicted molar refractivity (Wildman–Crippen MR) is 50.2 cm³/mol. The molecule has 0 amide bonds. The van der Waals surface area contributed by atoms with Gasteiger partial charge in [0.05, 0.1) is 6.10 Å². The summed E-state index contributed by atoms with van der Waals surface area (Å²) in [6.45, 7) is 1.30. The van der Waals surface area contributed by atoms with Crippen LogP contribution in [0.3, 0.4) is 0 Å². The van der Waals surface area contributed by atoms with E-state index in [1.54, 1.807) is 0 Å². The molecule has 6 N–H and O–H groups in total. The van der Waals surface area contributed by atoms with Crippen LogP contribution in [0.1, 0.15) is 6.92 Å². The van der Waals surface area contributed by atoms with E-state index in [0.717, 1.165) is 0 Å². The third-order valence-electron chi connectivity index (χ3n) is 1.36. The van der Waals surface area contributed by atoms with E-state index in [0.29, 0.717) is 0 Å². The molecule has 0 rings (SSSR count). The third-order valence-corrected chi connectivity index (χ3v) is 1.98. The molecule has 11 heavy (non-hydrogen) atoms. The quantitative estimate of drug-likeness (QED) is 0.416. The minimum absolute atomic E-state index is 0.319. The number of rotatable bonds is 3. The van der Waals surface area contributed by atoms with Gasteiger partial charge in [0.2, 0.25) is 0 Å². The maximum atomic E-state index is 9.46. The van der Waals surface area contributed by atoms with Crippen molar-refractivity contribution in [2.45, 2.75) is 18.6 Å². The molecule has 0 aromatic rings. The Kier molecular flexibility index (Phi) is 3.30. The van der Waals surface area contributed by atoms with E-state index in [2.05, 4.69) is 24.4 Å². The van der Waals surface area contributed by atoms with E-state index in [4.69, 9.17) is 16.6 Å². The molecule has 6 heteroatoms. The van der Waals surface area contributed by atoms with Crippen LogP contribution in [0.15, 0.2) is 0 Å². The van der Waals surface area contributed by atoms with Crippen LogP contribution in [0, 0.1) is 0 Å². The van der Waals surface area contributed by atoms with Crippen LogP contribution in [0.2, 0.25) is 0 Å². The number of hydrogen-bond donors (Lipinski definition) is 4. The molecule has 1 unspecified atom stereocenters. The first-order chi connectivity index (χ1) is 4.83. The lowest BCUT2D eigenvalue weighted by molar-refractivity contribution is 0.0360. The molecule has 0 bridgehead atoms. The Bertz CT molecular complexity index is 179. The molecule has 0 saturated heterocycles. The molecule has 4 nitrogen and oxygen atoms in total. The SMILES string of the molecule is CC(O)C(O)(C(N)=S)C(N)=S. The van der Waals surface area contributed by atoms with Crippen molar-refractivity contribution in [3.8, 4) is 0 Å². The fraction of sp³-hybridized carbons (Fsp3) is 0.600. The summed E-state index contributed by atoms with van der Waals surface area (Å²) in [6.07, 6.45) is -1.20. The van der Waals surface area contributed by atoms with Gasteiger partial charge >= 0.3 is 0 Å². The second-order valence-electron chi connectivity index (χ2n) is 2.17. The van der Waals surface area contributed by atoms with Crippen molar-refractivity contribution < 1.29 is 10.2 Å². The highest BCUT2D eigenvalue weighted by atomic mass is 32.1. The molecule has 1 atom stereocenters. The molecule has 0 fully saturated rings. The fourth-order valence-electron chi connectivity index (χ4n) is 0.533. The number of hydrogen-bond acceptors (Lipinski definition) is 4. The van der Waals surface area contributed by atoms with E-state index in [-0.39, 0.29) is 9.98 Å². The molecule has 0 aromatic carbocycles. The van der Waals surface area contributed by atoms with E-state index in [1.807, 2.05) is 0 Å². The molecular weight excluding hydrogens is 184 g/mol. The monoisotopic (exact) mass is 194 g/mol. The van der Waals surface area contributed by atoms with Gasteiger partial charge in [-0.25, -0.2) is 0 Å². The molecule has 0 spiro atoms. The lowest BCUT2D eigenvalue weighted by Gasteiger charge is -2.28. The first kappa shape index (κ1) is 10.7. The van der Waals surface area contributed by atoms with E-state index in [9.17, 15) is 5.11 Å². The van der Waals surface area contributed by atoms with Gasteiger partial charge < -0.3 is 21.7 Å². The van der Waals surface area contributed by atoms with Crippen LogP contribution < -0.4 is 11.5 Å². The molecule has 0 aliphatic carbocycles. The molecule has 64 valence electrons. The first-order valence-electron chi connectivity index (χ1n) is 2.83. The molecule has 0 radical (unpaired) electrons. The minimum Gasteiger partial charge on any atom is -0.390 e. The number of thiocarbonyl (C=S) groups is 2. The summed E-state index contributed by atoms with van der Waals surface area (Å²) in [5.41, 5.74) is 8.33. The Morgan fingerprint density at radius 2 is 1.64 bits per heavy atom. The zero-order chi connectivity index (χ0) is 9.23. The topological polar surface area (TPSA) is 92.5 Å². The standard InChI is InChI=1S/C5H10N2O2S2/c1-2(8)5(9,3(6)10)4(7)11/h2,8-9H,1H3,(H2,6,10)(H2,7,11). The van der Waals surface area contributed by atoms with E-state index in [1.165, 1.54) is 6.92 Å². The van der Waals surface area contributed by atoms with Crippen molar-refractivity contribution in [3.05, 3.63) is 0 Å². The van der Waals surface area contributed by atoms with Gasteiger partial charge in [0, 0.05) is 0 Å². The van der Waals surface area contributed by atoms with Gasteiger partial charge in [-0.15, -0.1) is 0 Å². The molecule has 0 aliphatic heterocycles. The van der Waals surface area contributed by atoms with Crippen LogP contribution in [0.5, 0.6) is 0 Å².